The predicted octanol–water partition coefficient (Wildman–Crippen LogP) is 2.31. The standard InChI is InChI=1S/C20H32N4O/c1-21-17-4-2-16(3-5-17)7-10-23-11-13-24(14-12-23)20-18-8-15-25-19(18)6-9-22-20/h6,9,16-17,21H,2-5,7-8,10-15H2,1H3. The Balaban J connectivity index is 1.23. The molecule has 0 unspecified atom stereocenters. The van der Waals surface area contributed by atoms with Gasteiger partial charge in [0.25, 0.3) is 0 Å². The first kappa shape index (κ1) is 17.1. The van der Waals surface area contributed by atoms with E-state index in [1.807, 2.05) is 12.3 Å². The zero-order valence-electron chi connectivity index (χ0n) is 15.5. The van der Waals surface area contributed by atoms with E-state index >= 15 is 0 Å². The smallest absolute Gasteiger partial charge is 0.135 e. The van der Waals surface area contributed by atoms with E-state index in [1.54, 1.807) is 0 Å². The van der Waals surface area contributed by atoms with Crippen LogP contribution in [0.1, 0.15) is 37.7 Å². The molecule has 0 aromatic carbocycles. The molecule has 5 nitrogen and oxygen atoms in total. The second-order valence-corrected chi connectivity index (χ2v) is 7.83. The van der Waals surface area contributed by atoms with Crippen LogP contribution in [0, 0.1) is 5.92 Å². The van der Waals surface area contributed by atoms with Crippen molar-refractivity contribution in [1.29, 1.82) is 0 Å². The Morgan fingerprint density at radius 2 is 1.96 bits per heavy atom. The van der Waals surface area contributed by atoms with Crippen molar-refractivity contribution in [2.75, 3.05) is 51.3 Å². The molecular formula is C20H32N4O. The van der Waals surface area contributed by atoms with Gasteiger partial charge in [-0.1, -0.05) is 0 Å². The number of nitrogens with one attached hydrogen (secondary N) is 1. The molecule has 1 aromatic rings. The third-order valence-electron chi connectivity index (χ3n) is 6.38. The third kappa shape index (κ3) is 3.93. The van der Waals surface area contributed by atoms with E-state index in [0.29, 0.717) is 0 Å². The van der Waals surface area contributed by atoms with Gasteiger partial charge in [-0.25, -0.2) is 4.98 Å². The van der Waals surface area contributed by atoms with Crippen LogP contribution >= 0.6 is 0 Å². The quantitative estimate of drug-likeness (QED) is 0.888. The van der Waals surface area contributed by atoms with Crippen molar-refractivity contribution in [1.82, 2.24) is 15.2 Å². The normalized spacial score (nSPS) is 27.2. The molecule has 2 aliphatic heterocycles. The predicted molar refractivity (Wildman–Crippen MR) is 102 cm³/mol. The maximum atomic E-state index is 5.69. The van der Waals surface area contributed by atoms with Crippen LogP contribution in [0.5, 0.6) is 5.75 Å². The molecule has 3 heterocycles. The Morgan fingerprint density at radius 3 is 2.72 bits per heavy atom. The van der Waals surface area contributed by atoms with Gasteiger partial charge in [-0.15, -0.1) is 0 Å². The molecule has 0 amide bonds. The van der Waals surface area contributed by atoms with Gasteiger partial charge in [-0.2, -0.15) is 0 Å². The summed E-state index contributed by atoms with van der Waals surface area (Å²) in [5, 5.41) is 3.44. The lowest BCUT2D eigenvalue weighted by Gasteiger charge is -2.37. The molecule has 0 radical (unpaired) electrons. The number of piperazine rings is 1. The molecule has 0 atom stereocenters. The first-order valence-corrected chi connectivity index (χ1v) is 10.1. The lowest BCUT2D eigenvalue weighted by atomic mass is 9.84. The van der Waals surface area contributed by atoms with Gasteiger partial charge in [0.1, 0.15) is 11.6 Å². The van der Waals surface area contributed by atoms with Gasteiger partial charge in [-0.05, 0) is 57.7 Å². The first-order chi connectivity index (χ1) is 12.3. The SMILES string of the molecule is CNC1CCC(CCN2CCN(c3nccc4c3CCO4)CC2)CC1. The summed E-state index contributed by atoms with van der Waals surface area (Å²) >= 11 is 0. The number of anilines is 1. The molecule has 0 bridgehead atoms. The number of pyridine rings is 1. The number of ether oxygens (including phenoxy) is 1. The van der Waals surface area contributed by atoms with Crippen molar-refractivity contribution in [2.24, 2.45) is 5.92 Å². The Bertz CT molecular complexity index is 563. The van der Waals surface area contributed by atoms with E-state index in [0.717, 1.165) is 56.9 Å². The fourth-order valence-corrected chi connectivity index (χ4v) is 4.66. The van der Waals surface area contributed by atoms with Gasteiger partial charge in [0, 0.05) is 50.4 Å². The van der Waals surface area contributed by atoms with E-state index in [4.69, 9.17) is 4.74 Å². The van der Waals surface area contributed by atoms with Crippen molar-refractivity contribution >= 4 is 5.82 Å². The molecule has 1 aromatic heterocycles. The average Bonchev–Trinajstić information content (AvgIpc) is 3.16. The van der Waals surface area contributed by atoms with Crippen molar-refractivity contribution in [3.63, 3.8) is 0 Å². The highest BCUT2D eigenvalue weighted by molar-refractivity contribution is 5.55. The fourth-order valence-electron chi connectivity index (χ4n) is 4.66. The summed E-state index contributed by atoms with van der Waals surface area (Å²) in [4.78, 5) is 9.77. The van der Waals surface area contributed by atoms with Gasteiger partial charge in [0.15, 0.2) is 0 Å². The molecule has 1 saturated heterocycles. The number of aromatic nitrogens is 1. The van der Waals surface area contributed by atoms with Crippen LogP contribution in [-0.2, 0) is 6.42 Å². The summed E-state index contributed by atoms with van der Waals surface area (Å²) in [5.74, 6) is 3.16. The van der Waals surface area contributed by atoms with Crippen LogP contribution < -0.4 is 15.0 Å². The highest BCUT2D eigenvalue weighted by Gasteiger charge is 2.25. The molecule has 25 heavy (non-hydrogen) atoms. The number of nitrogens with zero attached hydrogens (tertiary/aromatic N) is 3. The molecule has 3 aliphatic rings. The average molecular weight is 345 g/mol. The van der Waals surface area contributed by atoms with Crippen LogP contribution in [0.2, 0.25) is 0 Å². The number of hydrogen-bond acceptors (Lipinski definition) is 5. The van der Waals surface area contributed by atoms with E-state index in [2.05, 4.69) is 27.1 Å². The molecule has 1 saturated carbocycles. The summed E-state index contributed by atoms with van der Waals surface area (Å²) in [6, 6.07) is 2.77. The molecule has 0 spiro atoms. The summed E-state index contributed by atoms with van der Waals surface area (Å²) in [6.07, 6.45) is 9.82. The molecule has 4 rings (SSSR count). The second-order valence-electron chi connectivity index (χ2n) is 7.83. The lowest BCUT2D eigenvalue weighted by molar-refractivity contribution is 0.212. The van der Waals surface area contributed by atoms with Crippen LogP contribution in [0.25, 0.3) is 0 Å². The monoisotopic (exact) mass is 344 g/mol. The minimum Gasteiger partial charge on any atom is -0.493 e. The summed E-state index contributed by atoms with van der Waals surface area (Å²) < 4.78 is 5.69. The summed E-state index contributed by atoms with van der Waals surface area (Å²) in [5.41, 5.74) is 1.32. The Labute approximate surface area is 151 Å². The van der Waals surface area contributed by atoms with Gasteiger partial charge in [-0.3, -0.25) is 4.90 Å². The fraction of sp³-hybridized carbons (Fsp3) is 0.750. The second kappa shape index (κ2) is 7.92. The van der Waals surface area contributed by atoms with Gasteiger partial charge < -0.3 is 15.0 Å². The van der Waals surface area contributed by atoms with Crippen LogP contribution in [-0.4, -0.2) is 62.3 Å². The first-order valence-electron chi connectivity index (χ1n) is 10.1. The summed E-state index contributed by atoms with van der Waals surface area (Å²) in [6.45, 7) is 6.60. The van der Waals surface area contributed by atoms with Crippen molar-refractivity contribution in [3.8, 4) is 5.75 Å². The summed E-state index contributed by atoms with van der Waals surface area (Å²) in [7, 11) is 2.10. The Hall–Kier alpha value is -1.33. The highest BCUT2D eigenvalue weighted by atomic mass is 16.5. The molecule has 5 heteroatoms. The van der Waals surface area contributed by atoms with Gasteiger partial charge >= 0.3 is 0 Å². The minimum absolute atomic E-state index is 0.767. The van der Waals surface area contributed by atoms with Crippen LogP contribution in [0.15, 0.2) is 12.3 Å². The third-order valence-corrected chi connectivity index (χ3v) is 6.38. The molecule has 1 aliphatic carbocycles. The Morgan fingerprint density at radius 1 is 1.16 bits per heavy atom. The number of fused-ring (bicyclic) bond motifs is 1. The Kier molecular flexibility index (Phi) is 5.42. The topological polar surface area (TPSA) is 40.6 Å². The van der Waals surface area contributed by atoms with Crippen molar-refractivity contribution in [2.45, 2.75) is 44.6 Å². The molecule has 2 fully saturated rings. The van der Waals surface area contributed by atoms with Gasteiger partial charge in [0.2, 0.25) is 0 Å². The molecule has 1 N–H and O–H groups in total. The van der Waals surface area contributed by atoms with Crippen molar-refractivity contribution in [3.05, 3.63) is 17.8 Å². The van der Waals surface area contributed by atoms with Crippen LogP contribution in [0.3, 0.4) is 0 Å². The van der Waals surface area contributed by atoms with Crippen molar-refractivity contribution < 1.29 is 4.74 Å². The minimum atomic E-state index is 0.767. The maximum absolute atomic E-state index is 5.69. The zero-order valence-corrected chi connectivity index (χ0v) is 15.5. The lowest BCUT2D eigenvalue weighted by Crippen LogP contribution is -2.47. The van der Waals surface area contributed by atoms with E-state index in [-0.39, 0.29) is 0 Å². The zero-order chi connectivity index (χ0) is 17.1. The molecular weight excluding hydrogens is 312 g/mol. The van der Waals surface area contributed by atoms with Crippen LogP contribution in [0.4, 0.5) is 5.82 Å². The number of rotatable bonds is 5. The molecule has 138 valence electrons. The van der Waals surface area contributed by atoms with E-state index < -0.39 is 0 Å². The van der Waals surface area contributed by atoms with E-state index in [1.165, 1.54) is 50.0 Å². The largest absolute Gasteiger partial charge is 0.493 e. The van der Waals surface area contributed by atoms with Gasteiger partial charge in [0.05, 0.1) is 6.61 Å². The number of hydrogen-bond donors (Lipinski definition) is 1. The van der Waals surface area contributed by atoms with E-state index in [9.17, 15) is 0 Å². The maximum Gasteiger partial charge on any atom is 0.135 e. The highest BCUT2D eigenvalue weighted by Crippen LogP contribution is 2.32.